The molecule has 0 aliphatic heterocycles. The van der Waals surface area contributed by atoms with Crippen molar-refractivity contribution in [2.75, 3.05) is 5.32 Å². The lowest BCUT2D eigenvalue weighted by atomic mass is 10.1. The quantitative estimate of drug-likeness (QED) is 0.757. The molecule has 0 aliphatic rings. The average molecular weight is 372 g/mol. The number of amides is 1. The topological polar surface area (TPSA) is 38.3 Å². The Labute approximate surface area is 148 Å². The molecule has 0 spiro atoms. The van der Waals surface area contributed by atoms with Gasteiger partial charge in [0, 0.05) is 5.02 Å². The summed E-state index contributed by atoms with van der Waals surface area (Å²) in [4.78, 5) is 12.4. The third kappa shape index (κ3) is 5.13. The molecule has 0 radical (unpaired) electrons. The van der Waals surface area contributed by atoms with Crippen molar-refractivity contribution in [3.63, 3.8) is 0 Å². The molecule has 25 heavy (non-hydrogen) atoms. The number of hydrogen-bond donors (Lipinski definition) is 1. The number of anilines is 1. The van der Waals surface area contributed by atoms with Gasteiger partial charge in [0.15, 0.2) is 6.10 Å². The first-order valence-electron chi connectivity index (χ1n) is 7.61. The van der Waals surface area contributed by atoms with Crippen LogP contribution in [0.4, 0.5) is 18.9 Å². The Morgan fingerprint density at radius 2 is 1.96 bits per heavy atom. The highest BCUT2D eigenvalue weighted by atomic mass is 35.5. The lowest BCUT2D eigenvalue weighted by molar-refractivity contribution is -0.137. The second-order valence-corrected chi connectivity index (χ2v) is 5.94. The van der Waals surface area contributed by atoms with Gasteiger partial charge in [0.05, 0.1) is 11.3 Å². The highest BCUT2D eigenvalue weighted by Crippen LogP contribution is 2.36. The first-order valence-corrected chi connectivity index (χ1v) is 7.99. The van der Waals surface area contributed by atoms with Gasteiger partial charge in [-0.3, -0.25) is 4.79 Å². The van der Waals surface area contributed by atoms with Crippen LogP contribution >= 0.6 is 11.6 Å². The number of nitrogens with one attached hydrogen (secondary N) is 1. The van der Waals surface area contributed by atoms with Crippen LogP contribution in [0.5, 0.6) is 5.75 Å². The predicted octanol–water partition coefficient (Wildman–Crippen LogP) is 5.46. The standard InChI is InChI=1S/C18H17ClF3NO2/c1-3-16(25-13-6-4-5-11(2)9-13)17(24)23-15-8-7-12(19)10-14(15)18(20,21)22/h4-10,16H,3H2,1-2H3,(H,23,24). The van der Waals surface area contributed by atoms with Crippen molar-refractivity contribution in [3.8, 4) is 5.75 Å². The molecule has 1 N–H and O–H groups in total. The van der Waals surface area contributed by atoms with Crippen molar-refractivity contribution in [1.29, 1.82) is 0 Å². The normalized spacial score (nSPS) is 12.6. The molecule has 134 valence electrons. The largest absolute Gasteiger partial charge is 0.481 e. The Morgan fingerprint density at radius 3 is 2.56 bits per heavy atom. The maximum absolute atomic E-state index is 13.1. The SMILES string of the molecule is CCC(Oc1cccc(C)c1)C(=O)Nc1ccc(Cl)cc1C(F)(F)F. The molecule has 0 aliphatic carbocycles. The van der Waals surface area contributed by atoms with Crippen molar-refractivity contribution in [2.24, 2.45) is 0 Å². The minimum atomic E-state index is -4.63. The van der Waals surface area contributed by atoms with E-state index >= 15 is 0 Å². The summed E-state index contributed by atoms with van der Waals surface area (Å²) in [6, 6.07) is 10.3. The Morgan fingerprint density at radius 1 is 1.24 bits per heavy atom. The Kier molecular flexibility index (Phi) is 5.95. The summed E-state index contributed by atoms with van der Waals surface area (Å²) in [5.41, 5.74) is -0.406. The number of hydrogen-bond acceptors (Lipinski definition) is 2. The molecule has 0 saturated carbocycles. The zero-order valence-corrected chi connectivity index (χ0v) is 14.4. The summed E-state index contributed by atoms with van der Waals surface area (Å²) in [6.07, 6.45) is -5.25. The van der Waals surface area contributed by atoms with E-state index in [1.807, 2.05) is 13.0 Å². The lowest BCUT2D eigenvalue weighted by Gasteiger charge is -2.19. The molecule has 1 unspecified atom stereocenters. The summed E-state index contributed by atoms with van der Waals surface area (Å²) in [5.74, 6) is -0.175. The molecule has 0 aromatic heterocycles. The van der Waals surface area contributed by atoms with Crippen molar-refractivity contribution >= 4 is 23.2 Å². The van der Waals surface area contributed by atoms with Gasteiger partial charge < -0.3 is 10.1 Å². The van der Waals surface area contributed by atoms with Crippen molar-refractivity contribution in [1.82, 2.24) is 0 Å². The third-order valence-electron chi connectivity index (χ3n) is 3.48. The first-order chi connectivity index (χ1) is 11.7. The zero-order valence-electron chi connectivity index (χ0n) is 13.7. The molecule has 1 atom stereocenters. The minimum absolute atomic E-state index is 0.0617. The van der Waals surface area contributed by atoms with Gasteiger partial charge in [-0.1, -0.05) is 30.7 Å². The minimum Gasteiger partial charge on any atom is -0.481 e. The fourth-order valence-corrected chi connectivity index (χ4v) is 2.42. The first kappa shape index (κ1) is 19.1. The van der Waals surface area contributed by atoms with Gasteiger partial charge in [-0.15, -0.1) is 0 Å². The number of aryl methyl sites for hydroxylation is 1. The number of ether oxygens (including phenoxy) is 1. The van der Waals surface area contributed by atoms with Crippen LogP contribution in [-0.2, 0) is 11.0 Å². The van der Waals surface area contributed by atoms with Crippen LogP contribution in [0, 0.1) is 6.92 Å². The maximum Gasteiger partial charge on any atom is 0.418 e. The van der Waals surface area contributed by atoms with E-state index in [9.17, 15) is 18.0 Å². The molecule has 0 saturated heterocycles. The third-order valence-corrected chi connectivity index (χ3v) is 3.71. The van der Waals surface area contributed by atoms with Crippen LogP contribution in [-0.4, -0.2) is 12.0 Å². The van der Waals surface area contributed by atoms with Crippen molar-refractivity contribution < 1.29 is 22.7 Å². The number of halogens is 4. The molecule has 2 aromatic rings. The number of carbonyl (C=O) groups excluding carboxylic acids is 1. The maximum atomic E-state index is 13.1. The lowest BCUT2D eigenvalue weighted by Crippen LogP contribution is -2.33. The number of alkyl halides is 3. The molecule has 2 aromatic carbocycles. The molecule has 0 bridgehead atoms. The molecule has 1 amide bonds. The average Bonchev–Trinajstić information content (AvgIpc) is 2.53. The fourth-order valence-electron chi connectivity index (χ4n) is 2.25. The van der Waals surface area contributed by atoms with E-state index in [1.54, 1.807) is 25.1 Å². The van der Waals surface area contributed by atoms with E-state index in [2.05, 4.69) is 5.32 Å². The van der Waals surface area contributed by atoms with Crippen LogP contribution < -0.4 is 10.1 Å². The molecule has 0 fully saturated rings. The Balaban J connectivity index is 2.20. The van der Waals surface area contributed by atoms with E-state index in [-0.39, 0.29) is 10.7 Å². The number of rotatable bonds is 5. The van der Waals surface area contributed by atoms with E-state index in [4.69, 9.17) is 16.3 Å². The second-order valence-electron chi connectivity index (χ2n) is 5.51. The molecular weight excluding hydrogens is 355 g/mol. The van der Waals surface area contributed by atoms with Crippen molar-refractivity contribution in [2.45, 2.75) is 32.5 Å². The van der Waals surface area contributed by atoms with E-state index < -0.39 is 23.8 Å². The molecule has 7 heteroatoms. The molecule has 0 heterocycles. The summed E-state index contributed by atoms with van der Waals surface area (Å²) in [5, 5.41) is 2.23. The van der Waals surface area contributed by atoms with E-state index in [1.165, 1.54) is 6.07 Å². The van der Waals surface area contributed by atoms with E-state index in [0.717, 1.165) is 17.7 Å². The summed E-state index contributed by atoms with van der Waals surface area (Å²) < 4.78 is 44.9. The smallest absolute Gasteiger partial charge is 0.418 e. The van der Waals surface area contributed by atoms with Crippen LogP contribution in [0.1, 0.15) is 24.5 Å². The fraction of sp³-hybridized carbons (Fsp3) is 0.278. The number of benzene rings is 2. The zero-order chi connectivity index (χ0) is 18.6. The Bertz CT molecular complexity index is 762. The van der Waals surface area contributed by atoms with Crippen LogP contribution in [0.15, 0.2) is 42.5 Å². The van der Waals surface area contributed by atoms with Crippen LogP contribution in [0.2, 0.25) is 5.02 Å². The van der Waals surface area contributed by atoms with Gasteiger partial charge in [0.25, 0.3) is 5.91 Å². The highest BCUT2D eigenvalue weighted by molar-refractivity contribution is 6.30. The van der Waals surface area contributed by atoms with Gasteiger partial charge in [-0.2, -0.15) is 13.2 Å². The van der Waals surface area contributed by atoms with Crippen molar-refractivity contribution in [3.05, 3.63) is 58.6 Å². The number of carbonyl (C=O) groups is 1. The van der Waals surface area contributed by atoms with Gasteiger partial charge in [0.2, 0.25) is 0 Å². The summed E-state index contributed by atoms with van der Waals surface area (Å²) in [7, 11) is 0. The summed E-state index contributed by atoms with van der Waals surface area (Å²) in [6.45, 7) is 3.59. The predicted molar refractivity (Wildman–Crippen MR) is 91.0 cm³/mol. The second kappa shape index (κ2) is 7.78. The van der Waals surface area contributed by atoms with Gasteiger partial charge in [-0.05, 0) is 49.2 Å². The molecule has 2 rings (SSSR count). The van der Waals surface area contributed by atoms with Gasteiger partial charge in [-0.25, -0.2) is 0 Å². The highest BCUT2D eigenvalue weighted by Gasteiger charge is 2.34. The van der Waals surface area contributed by atoms with Gasteiger partial charge in [0.1, 0.15) is 5.75 Å². The Hall–Kier alpha value is -2.21. The van der Waals surface area contributed by atoms with Crippen LogP contribution in [0.25, 0.3) is 0 Å². The van der Waals surface area contributed by atoms with E-state index in [0.29, 0.717) is 12.2 Å². The molecule has 3 nitrogen and oxygen atoms in total. The molecular formula is C18H17ClF3NO2. The summed E-state index contributed by atoms with van der Waals surface area (Å²) >= 11 is 5.63. The monoisotopic (exact) mass is 371 g/mol. The van der Waals surface area contributed by atoms with Gasteiger partial charge >= 0.3 is 6.18 Å². The van der Waals surface area contributed by atoms with Crippen LogP contribution in [0.3, 0.4) is 0 Å².